The molecule has 0 aliphatic carbocycles. The maximum atomic E-state index is 6.29. The average molecular weight is 318 g/mol. The zero-order valence-corrected chi connectivity index (χ0v) is 12.8. The van der Waals surface area contributed by atoms with Crippen molar-refractivity contribution in [3.63, 3.8) is 0 Å². The summed E-state index contributed by atoms with van der Waals surface area (Å²) >= 11 is 12.4. The number of aromatic nitrogens is 2. The Morgan fingerprint density at radius 2 is 1.86 bits per heavy atom. The minimum Gasteiger partial charge on any atom is -0.382 e. The van der Waals surface area contributed by atoms with Crippen LogP contribution >= 0.6 is 23.2 Å². The molecule has 0 unspecified atom stereocenters. The van der Waals surface area contributed by atoms with Gasteiger partial charge in [-0.25, -0.2) is 0 Å². The van der Waals surface area contributed by atoms with Gasteiger partial charge in [-0.2, -0.15) is 5.10 Å². The number of H-pyrrole nitrogens is 1. The summed E-state index contributed by atoms with van der Waals surface area (Å²) in [5.41, 5.74) is 10.5. The van der Waals surface area contributed by atoms with E-state index in [9.17, 15) is 0 Å². The number of hydrogen-bond donors (Lipinski definition) is 2. The maximum Gasteiger partial charge on any atom is 0.153 e. The Labute approximate surface area is 132 Å². The first kappa shape index (κ1) is 14.0. The first-order valence-corrected chi connectivity index (χ1v) is 7.18. The van der Waals surface area contributed by atoms with E-state index >= 15 is 0 Å². The Bertz CT molecular complexity index is 789. The lowest BCUT2D eigenvalue weighted by Gasteiger charge is -2.08. The van der Waals surface area contributed by atoms with Gasteiger partial charge >= 0.3 is 0 Å². The first-order valence-electron chi connectivity index (χ1n) is 6.42. The highest BCUT2D eigenvalue weighted by Gasteiger charge is 2.17. The van der Waals surface area contributed by atoms with Crippen LogP contribution in [0.3, 0.4) is 0 Å². The van der Waals surface area contributed by atoms with Crippen LogP contribution in [0.15, 0.2) is 42.5 Å². The third-order valence-corrected chi connectivity index (χ3v) is 3.82. The van der Waals surface area contributed by atoms with Gasteiger partial charge in [-0.1, -0.05) is 41.4 Å². The summed E-state index contributed by atoms with van der Waals surface area (Å²) in [7, 11) is 0. The fourth-order valence-corrected chi connectivity index (χ4v) is 2.90. The molecule has 3 rings (SSSR count). The second kappa shape index (κ2) is 5.43. The van der Waals surface area contributed by atoms with E-state index in [1.165, 1.54) is 0 Å². The summed E-state index contributed by atoms with van der Waals surface area (Å²) in [6, 6.07) is 13.4. The molecular formula is C16H13Cl2N3. The molecule has 0 radical (unpaired) electrons. The van der Waals surface area contributed by atoms with Gasteiger partial charge in [0.1, 0.15) is 0 Å². The van der Waals surface area contributed by atoms with E-state index in [1.54, 1.807) is 0 Å². The molecule has 0 bridgehead atoms. The summed E-state index contributed by atoms with van der Waals surface area (Å²) in [6.07, 6.45) is 0. The molecule has 0 fully saturated rings. The summed E-state index contributed by atoms with van der Waals surface area (Å²) < 4.78 is 0. The Morgan fingerprint density at radius 1 is 1.10 bits per heavy atom. The van der Waals surface area contributed by atoms with Gasteiger partial charge in [-0.05, 0) is 36.8 Å². The fourth-order valence-electron chi connectivity index (χ4n) is 2.38. The van der Waals surface area contributed by atoms with Gasteiger partial charge in [0.25, 0.3) is 0 Å². The van der Waals surface area contributed by atoms with Crippen molar-refractivity contribution in [2.75, 3.05) is 5.73 Å². The normalized spacial score (nSPS) is 10.8. The zero-order valence-electron chi connectivity index (χ0n) is 11.3. The highest BCUT2D eigenvalue weighted by atomic mass is 35.5. The summed E-state index contributed by atoms with van der Waals surface area (Å²) in [4.78, 5) is 0. The van der Waals surface area contributed by atoms with Crippen LogP contribution in [0.5, 0.6) is 0 Å². The number of hydrogen-bond acceptors (Lipinski definition) is 2. The number of benzene rings is 2. The lowest BCUT2D eigenvalue weighted by molar-refractivity contribution is 1.10. The lowest BCUT2D eigenvalue weighted by atomic mass is 10.00. The van der Waals surface area contributed by atoms with Gasteiger partial charge in [0.2, 0.25) is 0 Å². The molecule has 1 heterocycles. The Balaban J connectivity index is 2.24. The molecule has 3 N–H and O–H groups in total. The SMILES string of the molecule is Cc1cc(Cl)cc(-c2[nH]nc(N)c2-c2ccccc2Cl)c1. The van der Waals surface area contributed by atoms with Crippen molar-refractivity contribution in [2.45, 2.75) is 6.92 Å². The van der Waals surface area contributed by atoms with Gasteiger partial charge in [0.05, 0.1) is 11.3 Å². The molecule has 1 aromatic heterocycles. The topological polar surface area (TPSA) is 54.7 Å². The second-order valence-electron chi connectivity index (χ2n) is 4.86. The molecule has 3 aromatic rings. The lowest BCUT2D eigenvalue weighted by Crippen LogP contribution is -1.90. The Hall–Kier alpha value is -1.97. The minimum atomic E-state index is 0.413. The zero-order chi connectivity index (χ0) is 15.0. The molecular weight excluding hydrogens is 305 g/mol. The highest BCUT2D eigenvalue weighted by molar-refractivity contribution is 6.33. The van der Waals surface area contributed by atoms with Gasteiger partial charge in [-0.3, -0.25) is 5.10 Å². The van der Waals surface area contributed by atoms with E-state index in [-0.39, 0.29) is 0 Å². The number of halogens is 2. The third-order valence-electron chi connectivity index (χ3n) is 3.27. The van der Waals surface area contributed by atoms with E-state index in [4.69, 9.17) is 28.9 Å². The fraction of sp³-hybridized carbons (Fsp3) is 0.0625. The van der Waals surface area contributed by atoms with Crippen LogP contribution < -0.4 is 5.73 Å². The van der Waals surface area contributed by atoms with E-state index in [0.29, 0.717) is 15.9 Å². The number of anilines is 1. The van der Waals surface area contributed by atoms with Crippen molar-refractivity contribution in [2.24, 2.45) is 0 Å². The van der Waals surface area contributed by atoms with Crippen molar-refractivity contribution in [1.82, 2.24) is 10.2 Å². The van der Waals surface area contributed by atoms with E-state index in [0.717, 1.165) is 27.9 Å². The molecule has 2 aromatic carbocycles. The van der Waals surface area contributed by atoms with Crippen molar-refractivity contribution in [3.8, 4) is 22.4 Å². The number of nitrogen functional groups attached to an aromatic ring is 1. The largest absolute Gasteiger partial charge is 0.382 e. The van der Waals surface area contributed by atoms with Gasteiger partial charge in [0.15, 0.2) is 5.82 Å². The summed E-state index contributed by atoms with van der Waals surface area (Å²) in [5, 5.41) is 8.40. The molecule has 3 nitrogen and oxygen atoms in total. The van der Waals surface area contributed by atoms with E-state index in [2.05, 4.69) is 10.2 Å². The first-order chi connectivity index (χ1) is 10.1. The molecule has 0 atom stereocenters. The van der Waals surface area contributed by atoms with Crippen LogP contribution in [-0.4, -0.2) is 10.2 Å². The Kier molecular flexibility index (Phi) is 3.62. The van der Waals surface area contributed by atoms with Crippen LogP contribution in [0.4, 0.5) is 5.82 Å². The van der Waals surface area contributed by atoms with Crippen molar-refractivity contribution < 1.29 is 0 Å². The molecule has 0 amide bonds. The number of rotatable bonds is 2. The summed E-state index contributed by atoms with van der Waals surface area (Å²) in [6.45, 7) is 1.99. The van der Waals surface area contributed by atoms with Crippen molar-refractivity contribution in [3.05, 3.63) is 58.1 Å². The van der Waals surface area contributed by atoms with Crippen LogP contribution in [0, 0.1) is 6.92 Å². The van der Waals surface area contributed by atoms with Crippen LogP contribution in [0.25, 0.3) is 22.4 Å². The van der Waals surface area contributed by atoms with Crippen LogP contribution in [-0.2, 0) is 0 Å². The predicted octanol–water partition coefficient (Wildman–Crippen LogP) is 4.94. The second-order valence-corrected chi connectivity index (χ2v) is 5.70. The van der Waals surface area contributed by atoms with Crippen molar-refractivity contribution in [1.29, 1.82) is 0 Å². The molecule has 0 saturated heterocycles. The number of nitrogens with one attached hydrogen (secondary N) is 1. The number of aryl methyl sites for hydroxylation is 1. The quantitative estimate of drug-likeness (QED) is 0.703. The van der Waals surface area contributed by atoms with E-state index in [1.807, 2.05) is 49.4 Å². The minimum absolute atomic E-state index is 0.413. The molecule has 5 heteroatoms. The molecule has 0 saturated carbocycles. The average Bonchev–Trinajstić information content (AvgIpc) is 2.80. The Morgan fingerprint density at radius 3 is 2.57 bits per heavy atom. The van der Waals surface area contributed by atoms with Crippen molar-refractivity contribution >= 4 is 29.0 Å². The van der Waals surface area contributed by atoms with Gasteiger partial charge < -0.3 is 5.73 Å². The van der Waals surface area contributed by atoms with Gasteiger partial charge in [-0.15, -0.1) is 0 Å². The highest BCUT2D eigenvalue weighted by Crippen LogP contribution is 2.38. The molecule has 106 valence electrons. The molecule has 0 aliphatic rings. The maximum absolute atomic E-state index is 6.29. The third kappa shape index (κ3) is 2.62. The van der Waals surface area contributed by atoms with Gasteiger partial charge in [0, 0.05) is 21.2 Å². The number of nitrogens with zero attached hydrogens (tertiary/aromatic N) is 1. The van der Waals surface area contributed by atoms with E-state index < -0.39 is 0 Å². The number of aromatic amines is 1. The predicted molar refractivity (Wildman–Crippen MR) is 88.6 cm³/mol. The monoisotopic (exact) mass is 317 g/mol. The smallest absolute Gasteiger partial charge is 0.153 e. The number of nitrogens with two attached hydrogens (primary N) is 1. The molecule has 0 aliphatic heterocycles. The molecule has 21 heavy (non-hydrogen) atoms. The van der Waals surface area contributed by atoms with Crippen LogP contribution in [0.1, 0.15) is 5.56 Å². The standard InChI is InChI=1S/C16H13Cl2N3/c1-9-6-10(8-11(17)7-9)15-14(16(19)21-20-15)12-4-2-3-5-13(12)18/h2-8H,1H3,(H3,19,20,21). The summed E-state index contributed by atoms with van der Waals surface area (Å²) in [5.74, 6) is 0.413. The molecule has 0 spiro atoms. The van der Waals surface area contributed by atoms with Crippen LogP contribution in [0.2, 0.25) is 10.0 Å².